The topological polar surface area (TPSA) is 64.0 Å². The van der Waals surface area contributed by atoms with Crippen molar-refractivity contribution < 1.29 is 8.42 Å². The van der Waals surface area contributed by atoms with Crippen LogP contribution in [0.1, 0.15) is 61.5 Å². The summed E-state index contributed by atoms with van der Waals surface area (Å²) >= 11 is 1.91. The third-order valence-electron chi connectivity index (χ3n) is 6.06. The van der Waals surface area contributed by atoms with Crippen LogP contribution in [-0.4, -0.2) is 29.7 Å². The summed E-state index contributed by atoms with van der Waals surface area (Å²) in [5.74, 6) is 2.10. The van der Waals surface area contributed by atoms with Gasteiger partial charge >= 0.3 is 0 Å². The molecule has 1 fully saturated rings. The molecule has 0 atom stereocenters. The van der Waals surface area contributed by atoms with E-state index in [1.165, 1.54) is 23.1 Å². The Bertz CT molecular complexity index is 1000. The monoisotopic (exact) mass is 445 g/mol. The Kier molecular flexibility index (Phi) is 6.88. The molecule has 30 heavy (non-hydrogen) atoms. The molecule has 2 aromatic rings. The van der Waals surface area contributed by atoms with Gasteiger partial charge in [0.15, 0.2) is 0 Å². The Morgan fingerprint density at radius 1 is 1.13 bits per heavy atom. The van der Waals surface area contributed by atoms with Gasteiger partial charge in [0.1, 0.15) is 0 Å². The first-order valence-corrected chi connectivity index (χ1v) is 13.7. The number of thioether (sulfide) groups is 1. The van der Waals surface area contributed by atoms with Crippen molar-refractivity contribution in [3.8, 4) is 0 Å². The zero-order chi connectivity index (χ0) is 21.0. The lowest BCUT2D eigenvalue weighted by Crippen LogP contribution is -2.27. The number of sulfonamides is 1. The van der Waals surface area contributed by atoms with Gasteiger partial charge in [-0.1, -0.05) is 42.3 Å². The van der Waals surface area contributed by atoms with E-state index in [1.54, 1.807) is 0 Å². The van der Waals surface area contributed by atoms with E-state index in [9.17, 15) is 8.42 Å². The summed E-state index contributed by atoms with van der Waals surface area (Å²) in [6.07, 6.45) is 7.07. The van der Waals surface area contributed by atoms with Crippen molar-refractivity contribution in [2.24, 2.45) is 0 Å². The third-order valence-corrected chi connectivity index (χ3v) is 8.40. The van der Waals surface area contributed by atoms with Crippen LogP contribution in [0.2, 0.25) is 0 Å². The molecule has 2 heterocycles. The molecule has 162 valence electrons. The fraction of sp³-hybridized carbons (Fsp3) is 0.522. The van der Waals surface area contributed by atoms with Crippen LogP contribution in [0.4, 0.5) is 0 Å². The van der Waals surface area contributed by atoms with Gasteiger partial charge in [0, 0.05) is 35.5 Å². The van der Waals surface area contributed by atoms with E-state index in [2.05, 4.69) is 16.9 Å². The minimum atomic E-state index is -3.38. The molecule has 1 aromatic heterocycles. The van der Waals surface area contributed by atoms with Gasteiger partial charge in [0.2, 0.25) is 10.0 Å². The molecule has 0 radical (unpaired) electrons. The highest BCUT2D eigenvalue weighted by Crippen LogP contribution is 2.28. The molecule has 0 amide bonds. The van der Waals surface area contributed by atoms with Crippen LogP contribution in [0.15, 0.2) is 41.6 Å². The molecule has 0 unspecified atom stereocenters. The van der Waals surface area contributed by atoms with Crippen LogP contribution in [-0.2, 0) is 35.2 Å². The molecule has 7 heteroatoms. The lowest BCUT2D eigenvalue weighted by Gasteiger charge is -2.18. The first-order chi connectivity index (χ1) is 14.5. The molecule has 4 rings (SSSR count). The minimum absolute atomic E-state index is 0.0925. The van der Waals surface area contributed by atoms with Crippen molar-refractivity contribution in [1.82, 2.24) is 14.5 Å². The molecule has 1 aliphatic carbocycles. The van der Waals surface area contributed by atoms with Crippen molar-refractivity contribution >= 4 is 21.8 Å². The number of rotatable bonds is 7. The van der Waals surface area contributed by atoms with Gasteiger partial charge in [0.25, 0.3) is 0 Å². The van der Waals surface area contributed by atoms with E-state index in [0.29, 0.717) is 13.0 Å². The maximum absolute atomic E-state index is 12.8. The van der Waals surface area contributed by atoms with Crippen LogP contribution in [0.5, 0.6) is 0 Å². The van der Waals surface area contributed by atoms with Crippen LogP contribution < -0.4 is 4.72 Å². The van der Waals surface area contributed by atoms with E-state index < -0.39 is 10.0 Å². The molecule has 2 aliphatic rings. The molecule has 5 nitrogen and oxygen atoms in total. The second-order valence-electron chi connectivity index (χ2n) is 8.28. The highest BCUT2D eigenvalue weighted by Gasteiger charge is 2.23. The van der Waals surface area contributed by atoms with Crippen LogP contribution >= 0.6 is 11.8 Å². The summed E-state index contributed by atoms with van der Waals surface area (Å²) in [6.45, 7) is 2.60. The maximum Gasteiger partial charge on any atom is 0.232 e. The van der Waals surface area contributed by atoms with Crippen molar-refractivity contribution in [2.75, 3.05) is 11.5 Å². The fourth-order valence-electron chi connectivity index (χ4n) is 4.41. The van der Waals surface area contributed by atoms with Gasteiger partial charge in [-0.2, -0.15) is 16.9 Å². The highest BCUT2D eigenvalue weighted by molar-refractivity contribution is 7.98. The maximum atomic E-state index is 12.8. The second-order valence-corrected chi connectivity index (χ2v) is 11.2. The standard InChI is InChI=1S/C23H31N3O2S2/c1-18(20-10-6-3-7-11-20)25-30(27,28)15-13-23-21-17-29-14-12-22(21)24-26(23)16-19-8-4-2-5-9-19/h2,4-5,8-9,25H,3,6-7,10-17H2,1H3. The highest BCUT2D eigenvalue weighted by atomic mass is 32.2. The van der Waals surface area contributed by atoms with Crippen LogP contribution in [0.25, 0.3) is 0 Å². The van der Waals surface area contributed by atoms with E-state index in [1.807, 2.05) is 41.6 Å². The van der Waals surface area contributed by atoms with Gasteiger partial charge in [-0.3, -0.25) is 9.40 Å². The molecule has 1 saturated carbocycles. The Balaban J connectivity index is 1.51. The van der Waals surface area contributed by atoms with Gasteiger partial charge < -0.3 is 0 Å². The summed E-state index contributed by atoms with van der Waals surface area (Å²) in [7, 11) is -3.38. The Morgan fingerprint density at radius 2 is 1.90 bits per heavy atom. The molecule has 1 N–H and O–H groups in total. The van der Waals surface area contributed by atoms with Gasteiger partial charge in [-0.05, 0) is 43.9 Å². The summed E-state index contributed by atoms with van der Waals surface area (Å²) in [5.41, 5.74) is 6.77. The van der Waals surface area contributed by atoms with Crippen molar-refractivity contribution in [3.63, 3.8) is 0 Å². The fourth-order valence-corrected chi connectivity index (χ4v) is 6.60. The van der Waals surface area contributed by atoms with Gasteiger partial charge in [-0.15, -0.1) is 0 Å². The molecular formula is C23H31N3O2S2. The lowest BCUT2D eigenvalue weighted by molar-refractivity contribution is 0.574. The number of hydrogen-bond donors (Lipinski definition) is 1. The number of benzene rings is 1. The van der Waals surface area contributed by atoms with Crippen LogP contribution in [0.3, 0.4) is 0 Å². The number of nitrogens with zero attached hydrogens (tertiary/aromatic N) is 2. The summed E-state index contributed by atoms with van der Waals surface area (Å²) in [4.78, 5) is 0. The molecule has 0 spiro atoms. The minimum Gasteiger partial charge on any atom is -0.288 e. The average molecular weight is 446 g/mol. The molecule has 1 aromatic carbocycles. The summed E-state index contributed by atoms with van der Waals surface area (Å²) in [5, 5.41) is 4.86. The molecule has 0 saturated heterocycles. The Morgan fingerprint density at radius 3 is 2.67 bits per heavy atom. The molecule has 1 aliphatic heterocycles. The van der Waals surface area contributed by atoms with E-state index in [4.69, 9.17) is 5.10 Å². The number of aryl methyl sites for hydroxylation is 1. The number of hydrogen-bond acceptors (Lipinski definition) is 4. The van der Waals surface area contributed by atoms with Crippen LogP contribution in [0, 0.1) is 0 Å². The third kappa shape index (κ3) is 5.30. The lowest BCUT2D eigenvalue weighted by atomic mass is 9.94. The van der Waals surface area contributed by atoms with Crippen molar-refractivity contribution in [3.05, 3.63) is 64.1 Å². The predicted octanol–water partition coefficient (Wildman–Crippen LogP) is 4.42. The quantitative estimate of drug-likeness (QED) is 0.685. The average Bonchev–Trinajstić information content (AvgIpc) is 3.10. The predicted molar refractivity (Wildman–Crippen MR) is 124 cm³/mol. The van der Waals surface area contributed by atoms with E-state index in [-0.39, 0.29) is 5.75 Å². The van der Waals surface area contributed by atoms with Gasteiger partial charge in [-0.25, -0.2) is 8.42 Å². The summed E-state index contributed by atoms with van der Waals surface area (Å²) < 4.78 is 30.6. The van der Waals surface area contributed by atoms with Crippen molar-refractivity contribution in [1.29, 1.82) is 0 Å². The number of nitrogens with one attached hydrogen (secondary N) is 1. The largest absolute Gasteiger partial charge is 0.288 e. The number of fused-ring (bicyclic) bond motifs is 1. The van der Waals surface area contributed by atoms with E-state index in [0.717, 1.165) is 60.7 Å². The summed E-state index contributed by atoms with van der Waals surface area (Å²) in [6, 6.07) is 10.3. The normalized spacial score (nSPS) is 16.9. The Labute approximate surface area is 184 Å². The van der Waals surface area contributed by atoms with E-state index >= 15 is 0 Å². The number of aromatic nitrogens is 2. The van der Waals surface area contributed by atoms with Gasteiger partial charge in [0.05, 0.1) is 18.0 Å². The molecular weight excluding hydrogens is 414 g/mol. The Hall–Kier alpha value is -1.73. The van der Waals surface area contributed by atoms with Crippen molar-refractivity contribution in [2.45, 2.75) is 64.2 Å². The molecule has 0 bridgehead atoms. The zero-order valence-corrected chi connectivity index (χ0v) is 19.3. The zero-order valence-electron chi connectivity index (χ0n) is 17.7. The first-order valence-electron chi connectivity index (χ1n) is 10.9. The SMILES string of the molecule is CC(NS(=O)(=O)CCc1c2c(nn1Cc1ccccc1)CCSC2)=C1CCCCC1. The second kappa shape index (κ2) is 9.60. The smallest absolute Gasteiger partial charge is 0.232 e. The first kappa shape index (κ1) is 21.5. The number of allylic oxidation sites excluding steroid dienone is 2.